The molecule has 0 unspecified atom stereocenters. The predicted molar refractivity (Wildman–Crippen MR) is 91.2 cm³/mol. The number of aromatic nitrogens is 3. The highest BCUT2D eigenvalue weighted by Crippen LogP contribution is 2.16. The third-order valence-corrected chi connectivity index (χ3v) is 4.33. The largest absolute Gasteiger partial charge is 0.379 e. The molecule has 0 aromatic carbocycles. The molecule has 2 aromatic heterocycles. The summed E-state index contributed by atoms with van der Waals surface area (Å²) in [4.78, 5) is 20.9. The minimum absolute atomic E-state index is 0.0306. The third-order valence-electron chi connectivity index (χ3n) is 4.33. The van der Waals surface area contributed by atoms with Crippen molar-refractivity contribution >= 4 is 11.7 Å². The van der Waals surface area contributed by atoms with Gasteiger partial charge in [-0.15, -0.1) is 0 Å². The lowest BCUT2D eigenvalue weighted by Crippen LogP contribution is -2.52. The zero-order chi connectivity index (χ0) is 17.8. The molecule has 0 spiro atoms. The van der Waals surface area contributed by atoms with Crippen LogP contribution in [0.15, 0.2) is 16.8 Å². The molecule has 3 heterocycles. The number of amides is 1. The van der Waals surface area contributed by atoms with Crippen LogP contribution in [0, 0.1) is 20.8 Å². The molecule has 0 radical (unpaired) electrons. The maximum Gasteiger partial charge on any atom is 0.224 e. The summed E-state index contributed by atoms with van der Waals surface area (Å²) in [6.07, 6.45) is 2.71. The van der Waals surface area contributed by atoms with Gasteiger partial charge in [0.15, 0.2) is 0 Å². The zero-order valence-corrected chi connectivity index (χ0v) is 14.7. The van der Waals surface area contributed by atoms with Gasteiger partial charge >= 0.3 is 0 Å². The standard InChI is InChI=1S/C17H23N5O3/c1-10-13(11(2)25-22-10)8-17(23)21-14-5-7-24-9-15(14)20-16-4-6-18-12(3)19-16/h4,6,14-15H,5,7-9H2,1-3H3,(H,21,23)(H,18,19,20)/t14-,15+/m0/s1. The number of ether oxygens (including phenoxy) is 1. The average molecular weight is 345 g/mol. The second-order valence-corrected chi connectivity index (χ2v) is 6.26. The number of anilines is 1. The van der Waals surface area contributed by atoms with Crippen LogP contribution in [-0.2, 0) is 16.0 Å². The summed E-state index contributed by atoms with van der Waals surface area (Å²) >= 11 is 0. The van der Waals surface area contributed by atoms with Gasteiger partial charge in [0.1, 0.15) is 17.4 Å². The number of aryl methyl sites for hydroxylation is 3. The molecule has 134 valence electrons. The van der Waals surface area contributed by atoms with E-state index in [1.54, 1.807) is 6.20 Å². The highest BCUT2D eigenvalue weighted by molar-refractivity contribution is 5.79. The van der Waals surface area contributed by atoms with Crippen LogP contribution in [0.2, 0.25) is 0 Å². The van der Waals surface area contributed by atoms with Gasteiger partial charge in [0.05, 0.1) is 30.8 Å². The monoisotopic (exact) mass is 345 g/mol. The summed E-state index contributed by atoms with van der Waals surface area (Å²) in [5.41, 5.74) is 1.60. The first kappa shape index (κ1) is 17.3. The summed E-state index contributed by atoms with van der Waals surface area (Å²) < 4.78 is 10.7. The van der Waals surface area contributed by atoms with E-state index in [9.17, 15) is 4.79 Å². The number of rotatable bonds is 5. The number of nitrogens with zero attached hydrogens (tertiary/aromatic N) is 3. The van der Waals surface area contributed by atoms with Gasteiger partial charge in [-0.05, 0) is 33.3 Å². The summed E-state index contributed by atoms with van der Waals surface area (Å²) in [7, 11) is 0. The van der Waals surface area contributed by atoms with E-state index in [1.165, 1.54) is 0 Å². The fraction of sp³-hybridized carbons (Fsp3) is 0.529. The van der Waals surface area contributed by atoms with Crippen molar-refractivity contribution in [1.82, 2.24) is 20.4 Å². The molecule has 0 saturated carbocycles. The molecule has 2 atom stereocenters. The van der Waals surface area contributed by atoms with Crippen LogP contribution < -0.4 is 10.6 Å². The number of hydrogen-bond donors (Lipinski definition) is 2. The maximum absolute atomic E-state index is 12.5. The second-order valence-electron chi connectivity index (χ2n) is 6.26. The van der Waals surface area contributed by atoms with Gasteiger partial charge in [-0.2, -0.15) is 0 Å². The lowest BCUT2D eigenvalue weighted by molar-refractivity contribution is -0.121. The molecule has 0 bridgehead atoms. The molecule has 8 heteroatoms. The van der Waals surface area contributed by atoms with Crippen LogP contribution in [-0.4, -0.2) is 46.3 Å². The van der Waals surface area contributed by atoms with E-state index in [4.69, 9.17) is 9.26 Å². The number of carbonyl (C=O) groups is 1. The predicted octanol–water partition coefficient (Wildman–Crippen LogP) is 1.32. The molecule has 1 aliphatic heterocycles. The number of hydrogen-bond acceptors (Lipinski definition) is 7. The number of nitrogens with one attached hydrogen (secondary N) is 2. The maximum atomic E-state index is 12.5. The molecular weight excluding hydrogens is 322 g/mol. The van der Waals surface area contributed by atoms with E-state index < -0.39 is 0 Å². The fourth-order valence-corrected chi connectivity index (χ4v) is 2.95. The Morgan fingerprint density at radius 3 is 2.88 bits per heavy atom. The van der Waals surface area contributed by atoms with E-state index >= 15 is 0 Å². The highest BCUT2D eigenvalue weighted by Gasteiger charge is 2.28. The fourth-order valence-electron chi connectivity index (χ4n) is 2.95. The smallest absolute Gasteiger partial charge is 0.224 e. The minimum atomic E-state index is -0.0491. The Kier molecular flexibility index (Phi) is 5.28. The van der Waals surface area contributed by atoms with Crippen molar-refractivity contribution in [3.05, 3.63) is 35.1 Å². The molecule has 1 aliphatic rings. The molecule has 8 nitrogen and oxygen atoms in total. The quantitative estimate of drug-likeness (QED) is 0.842. The van der Waals surface area contributed by atoms with E-state index in [2.05, 4.69) is 25.8 Å². The Hall–Kier alpha value is -2.48. The van der Waals surface area contributed by atoms with Crippen molar-refractivity contribution in [2.75, 3.05) is 18.5 Å². The lowest BCUT2D eigenvalue weighted by atomic mass is 10.0. The normalized spacial score (nSPS) is 20.3. The van der Waals surface area contributed by atoms with Crippen LogP contribution in [0.5, 0.6) is 0 Å². The van der Waals surface area contributed by atoms with Crippen molar-refractivity contribution in [3.8, 4) is 0 Å². The Morgan fingerprint density at radius 1 is 1.32 bits per heavy atom. The van der Waals surface area contributed by atoms with Crippen LogP contribution in [0.25, 0.3) is 0 Å². The van der Waals surface area contributed by atoms with Crippen molar-refractivity contribution in [2.45, 2.75) is 45.7 Å². The molecular formula is C17H23N5O3. The van der Waals surface area contributed by atoms with Crippen LogP contribution in [0.1, 0.15) is 29.3 Å². The average Bonchev–Trinajstić information content (AvgIpc) is 2.89. The Morgan fingerprint density at radius 2 is 2.16 bits per heavy atom. The molecule has 3 rings (SSSR count). The minimum Gasteiger partial charge on any atom is -0.379 e. The van der Waals surface area contributed by atoms with Gasteiger partial charge in [-0.1, -0.05) is 5.16 Å². The first-order valence-electron chi connectivity index (χ1n) is 8.38. The summed E-state index contributed by atoms with van der Waals surface area (Å²) in [6.45, 7) is 6.64. The zero-order valence-electron chi connectivity index (χ0n) is 14.7. The van der Waals surface area contributed by atoms with Gasteiger partial charge in [0, 0.05) is 18.4 Å². The van der Waals surface area contributed by atoms with Crippen molar-refractivity contribution in [3.63, 3.8) is 0 Å². The third kappa shape index (κ3) is 4.33. The summed E-state index contributed by atoms with van der Waals surface area (Å²) in [5, 5.41) is 10.3. The molecule has 25 heavy (non-hydrogen) atoms. The van der Waals surface area contributed by atoms with Gasteiger partial charge in [0.25, 0.3) is 0 Å². The van der Waals surface area contributed by atoms with Crippen molar-refractivity contribution < 1.29 is 14.1 Å². The Labute approximate surface area is 146 Å². The number of carbonyl (C=O) groups excluding carboxylic acids is 1. The first-order valence-corrected chi connectivity index (χ1v) is 8.38. The first-order chi connectivity index (χ1) is 12.0. The molecule has 0 aliphatic carbocycles. The van der Waals surface area contributed by atoms with Gasteiger partial charge in [0.2, 0.25) is 5.91 Å². The van der Waals surface area contributed by atoms with E-state index in [0.717, 1.165) is 23.5 Å². The molecule has 2 N–H and O–H groups in total. The second kappa shape index (κ2) is 7.60. The Bertz CT molecular complexity index is 726. The molecule has 1 fully saturated rings. The SMILES string of the molecule is Cc1nccc(N[C@@H]2COCC[C@@H]2NC(=O)Cc2c(C)noc2C)n1. The summed E-state index contributed by atoms with van der Waals surface area (Å²) in [6, 6.07) is 1.73. The highest BCUT2D eigenvalue weighted by atomic mass is 16.5. The van der Waals surface area contributed by atoms with E-state index in [1.807, 2.05) is 26.8 Å². The van der Waals surface area contributed by atoms with Crippen molar-refractivity contribution in [2.24, 2.45) is 0 Å². The molecule has 1 saturated heterocycles. The van der Waals surface area contributed by atoms with Crippen molar-refractivity contribution in [1.29, 1.82) is 0 Å². The van der Waals surface area contributed by atoms with E-state index in [0.29, 0.717) is 24.8 Å². The van der Waals surface area contributed by atoms with Gasteiger partial charge in [-0.25, -0.2) is 9.97 Å². The van der Waals surface area contributed by atoms with Gasteiger partial charge in [-0.3, -0.25) is 4.79 Å². The molecule has 1 amide bonds. The lowest BCUT2D eigenvalue weighted by Gasteiger charge is -2.33. The van der Waals surface area contributed by atoms with Crippen LogP contribution in [0.3, 0.4) is 0 Å². The Balaban J connectivity index is 1.63. The van der Waals surface area contributed by atoms with Crippen LogP contribution >= 0.6 is 0 Å². The van der Waals surface area contributed by atoms with Crippen LogP contribution in [0.4, 0.5) is 5.82 Å². The topological polar surface area (TPSA) is 102 Å². The van der Waals surface area contributed by atoms with E-state index in [-0.39, 0.29) is 24.4 Å². The molecule has 2 aromatic rings. The summed E-state index contributed by atoms with van der Waals surface area (Å²) in [5.74, 6) is 2.06. The van der Waals surface area contributed by atoms with Gasteiger partial charge < -0.3 is 19.9 Å².